The van der Waals surface area contributed by atoms with E-state index in [1.54, 1.807) is 0 Å². The van der Waals surface area contributed by atoms with Gasteiger partial charge >= 0.3 is 11.7 Å². The van der Waals surface area contributed by atoms with Gasteiger partial charge in [-0.3, -0.25) is 0 Å². The molecule has 1 atom stereocenters. The second-order valence-corrected chi connectivity index (χ2v) is 20.8. The van der Waals surface area contributed by atoms with Crippen molar-refractivity contribution in [2.45, 2.75) is 112 Å². The van der Waals surface area contributed by atoms with Gasteiger partial charge in [-0.25, -0.2) is 0 Å². The Morgan fingerprint density at radius 1 is 0.522 bits per heavy atom. The summed E-state index contributed by atoms with van der Waals surface area (Å²) in [7, 11) is 0. The molecule has 3 aliphatic rings. The lowest BCUT2D eigenvalue weighted by Crippen LogP contribution is -2.78. The predicted octanol–water partition coefficient (Wildman–Crippen LogP) is 16.4. The molecule has 0 amide bonds. The molecule has 9 aromatic rings. The van der Waals surface area contributed by atoms with Crippen molar-refractivity contribution in [3.63, 3.8) is 0 Å². The first-order valence-corrected chi connectivity index (χ1v) is 24.6. The van der Waals surface area contributed by atoms with Crippen LogP contribution in [0.2, 0.25) is 0 Å². The highest BCUT2D eigenvalue weighted by atomic mass is 16.5. The van der Waals surface area contributed by atoms with Gasteiger partial charge in [-0.15, -0.1) is 9.13 Å². The van der Waals surface area contributed by atoms with Crippen molar-refractivity contribution in [1.82, 2.24) is 4.57 Å². The zero-order valence-electron chi connectivity index (χ0n) is 45.8. The molecular weight excluding hydrogens is 839 g/mol. The predicted molar refractivity (Wildman–Crippen MR) is 285 cm³/mol. The summed E-state index contributed by atoms with van der Waals surface area (Å²) >= 11 is 0. The molecule has 0 saturated heterocycles. The smallest absolute Gasteiger partial charge is 0.392 e. The van der Waals surface area contributed by atoms with E-state index in [4.69, 9.17) is 6.11 Å². The molecule has 0 saturated carbocycles. The fourth-order valence-corrected chi connectivity index (χ4v) is 11.7. The number of ether oxygens (including phenoxy) is 1. The first-order valence-electron chi connectivity index (χ1n) is 26.6. The first kappa shape index (κ1) is 38.9. The van der Waals surface area contributed by atoms with Crippen molar-refractivity contribution in [1.29, 1.82) is 0 Å². The number of pyridine rings is 1. The van der Waals surface area contributed by atoms with E-state index < -0.39 is 29.4 Å². The van der Waals surface area contributed by atoms with Crippen LogP contribution in [0, 0.1) is 6.92 Å². The van der Waals surface area contributed by atoms with E-state index in [2.05, 4.69) is 180 Å². The second kappa shape index (κ2) is 15.8. The highest BCUT2D eigenvalue weighted by Gasteiger charge is 2.69. The lowest BCUT2D eigenvalue weighted by atomic mass is 9.84. The summed E-state index contributed by atoms with van der Waals surface area (Å²) in [6.07, 6.45) is 2.18. The molecule has 12 rings (SSSR count). The van der Waals surface area contributed by atoms with E-state index in [1.807, 2.05) is 61.5 Å². The summed E-state index contributed by atoms with van der Waals surface area (Å²) in [6.45, 7) is 22.1. The van der Waals surface area contributed by atoms with Crippen LogP contribution in [-0.4, -0.2) is 4.57 Å². The van der Waals surface area contributed by atoms with Crippen molar-refractivity contribution in [3.8, 4) is 78.6 Å². The number of imidazole rings is 1. The molecule has 2 aromatic heterocycles. The third-order valence-electron chi connectivity index (χ3n) is 15.1. The molecule has 1 unspecified atom stereocenters. The number of fused-ring (bicyclic) bond motifs is 5. The highest BCUT2D eigenvalue weighted by molar-refractivity contribution is 5.99. The molecule has 4 nitrogen and oxygen atoms in total. The Hall–Kier alpha value is -7.04. The monoisotopic (exact) mass is 906 g/mol. The SMILES string of the molecule is [2H]C(C)(C)c1ccc(-c2cc[n+]3c(c2)-c2cc(-c4ccccc4)cc4c2C32Oc3c(cc(C([2H])(C)C)cc3C([2H])(C)C)-c3n(-c5ccc(-c6c(C(C)C)cccc6C([2H])(C)C)cc5C)c5cccc-4c5[n+]32)cc1. The number of hydrogen-bond donors (Lipinski definition) is 0. The minimum atomic E-state index is -1.27. The molecule has 1 spiro atoms. The number of hydrogen-bond acceptors (Lipinski definition) is 1. The maximum absolute atomic E-state index is 9.84. The third kappa shape index (κ3) is 6.26. The summed E-state index contributed by atoms with van der Waals surface area (Å²) in [5.41, 5.74) is 21.5. The van der Waals surface area contributed by atoms with Gasteiger partial charge in [0.1, 0.15) is 16.8 Å². The maximum Gasteiger partial charge on any atom is 0.499 e. The number of aryl methyl sites for hydroxylation is 1. The van der Waals surface area contributed by atoms with Crippen molar-refractivity contribution in [3.05, 3.63) is 191 Å². The lowest BCUT2D eigenvalue weighted by Gasteiger charge is -2.34. The largest absolute Gasteiger partial charge is 0.499 e. The van der Waals surface area contributed by atoms with Crippen molar-refractivity contribution in [2.75, 3.05) is 0 Å². The first-order chi connectivity index (χ1) is 34.5. The van der Waals surface area contributed by atoms with Gasteiger partial charge in [0.2, 0.25) is 5.69 Å². The highest BCUT2D eigenvalue weighted by Crippen LogP contribution is 2.56. The summed E-state index contributed by atoms with van der Waals surface area (Å²) in [6, 6.07) is 52.2. The minimum Gasteiger partial charge on any atom is -0.392 e. The van der Waals surface area contributed by atoms with Crippen LogP contribution < -0.4 is 13.9 Å². The second-order valence-electron chi connectivity index (χ2n) is 20.8. The van der Waals surface area contributed by atoms with Crippen LogP contribution in [0.4, 0.5) is 0 Å². The normalized spacial score (nSPS) is 16.6. The van der Waals surface area contributed by atoms with Crippen LogP contribution in [0.3, 0.4) is 0 Å². The fourth-order valence-electron chi connectivity index (χ4n) is 11.7. The van der Waals surface area contributed by atoms with E-state index in [0.717, 1.165) is 117 Å². The zero-order chi connectivity index (χ0) is 51.5. The number of nitrogens with zero attached hydrogens (tertiary/aromatic N) is 3. The Morgan fingerprint density at radius 2 is 1.20 bits per heavy atom. The molecule has 4 heteroatoms. The van der Waals surface area contributed by atoms with Crippen LogP contribution in [0.1, 0.15) is 143 Å². The Kier molecular flexibility index (Phi) is 8.87. The van der Waals surface area contributed by atoms with Gasteiger partial charge in [0.15, 0.2) is 23.0 Å². The topological polar surface area (TPSA) is 21.9 Å². The van der Waals surface area contributed by atoms with Gasteiger partial charge in [-0.05, 0) is 146 Å². The van der Waals surface area contributed by atoms with Gasteiger partial charge in [-0.2, -0.15) is 4.57 Å². The molecule has 342 valence electrons. The van der Waals surface area contributed by atoms with Crippen LogP contribution in [-0.2, 0) is 5.85 Å². The van der Waals surface area contributed by atoms with Crippen LogP contribution >= 0.6 is 0 Å². The van der Waals surface area contributed by atoms with E-state index in [-0.39, 0.29) is 5.92 Å². The zero-order valence-corrected chi connectivity index (χ0v) is 41.8. The van der Waals surface area contributed by atoms with Crippen molar-refractivity contribution in [2.24, 2.45) is 0 Å². The van der Waals surface area contributed by atoms with E-state index in [0.29, 0.717) is 5.75 Å². The number of benzene rings is 7. The minimum absolute atomic E-state index is 0.256. The molecule has 7 aromatic carbocycles. The Morgan fingerprint density at radius 3 is 1.90 bits per heavy atom. The Labute approximate surface area is 414 Å². The van der Waals surface area contributed by atoms with Gasteiger partial charge in [-0.1, -0.05) is 160 Å². The van der Waals surface area contributed by atoms with Crippen LogP contribution in [0.25, 0.3) is 83.9 Å². The average Bonchev–Trinajstić information content (AvgIpc) is 3.83. The van der Waals surface area contributed by atoms with E-state index in [9.17, 15) is 4.11 Å². The van der Waals surface area contributed by atoms with Crippen LogP contribution in [0.15, 0.2) is 152 Å². The molecule has 0 N–H and O–H groups in total. The van der Waals surface area contributed by atoms with E-state index >= 15 is 0 Å². The standard InChI is InChI=1S/C65H63N3O/c1-37(2)43-23-25-45(26-24-43)46-29-30-66-59(36-46)55-35-49(44-17-13-12-14-18-44)34-54-52-21-16-22-58-62(52)68-64(56-33-48(38(3)4)32-53(41(9)10)63(56)69-65(66,68)61(54)55)67(58)57-28-27-47(31-42(57)11)60-50(39(5)6)19-15-20-51(60)40(7)8/h12-41H,1-11H3/q+2/i37D,38D,39D,41D. The summed E-state index contributed by atoms with van der Waals surface area (Å²) in [5, 5.41) is 0. The van der Waals surface area contributed by atoms with Gasteiger partial charge in [0.05, 0.1) is 5.56 Å². The fraction of sp³-hybridized carbons (Fsp3) is 0.262. The molecule has 69 heavy (non-hydrogen) atoms. The average molecular weight is 906 g/mol. The maximum atomic E-state index is 9.84. The molecule has 0 radical (unpaired) electrons. The summed E-state index contributed by atoms with van der Waals surface area (Å²) < 4.78 is 52.5. The Bertz CT molecular complexity index is 3790. The summed E-state index contributed by atoms with van der Waals surface area (Å²) in [5.74, 6) is -3.10. The Balaban J connectivity index is 1.22. The van der Waals surface area contributed by atoms with E-state index in [1.165, 1.54) is 5.56 Å². The van der Waals surface area contributed by atoms with Crippen molar-refractivity contribution < 1.29 is 19.4 Å². The van der Waals surface area contributed by atoms with Crippen LogP contribution in [0.5, 0.6) is 5.75 Å². The van der Waals surface area contributed by atoms with Gasteiger partial charge in [0, 0.05) is 28.7 Å². The molecule has 0 fully saturated rings. The van der Waals surface area contributed by atoms with Crippen molar-refractivity contribution >= 4 is 11.0 Å². The third-order valence-corrected chi connectivity index (χ3v) is 15.1. The molecule has 3 aliphatic heterocycles. The number of para-hydroxylation sites is 1. The van der Waals surface area contributed by atoms with Gasteiger partial charge < -0.3 is 4.74 Å². The molecule has 0 aliphatic carbocycles. The lowest BCUT2D eigenvalue weighted by molar-refractivity contribution is -0.997. The molecule has 0 bridgehead atoms. The number of rotatable bonds is 9. The number of aromatic nitrogens is 3. The quantitative estimate of drug-likeness (QED) is 0.132. The van der Waals surface area contributed by atoms with Gasteiger partial charge in [0.25, 0.3) is 0 Å². The summed E-state index contributed by atoms with van der Waals surface area (Å²) in [4.78, 5) is 0. The molecule has 5 heterocycles. The molecular formula is C65H63N3O+2.